The van der Waals surface area contributed by atoms with Crippen LogP contribution in [0.4, 0.5) is 0 Å². The highest BCUT2D eigenvalue weighted by atomic mass is 32.2. The predicted molar refractivity (Wildman–Crippen MR) is 52.6 cm³/mol. The SMILES string of the molecule is CS(=O)(=O)CC(=O)NC1=NCCS1. The van der Waals surface area contributed by atoms with Gasteiger partial charge in [0.2, 0.25) is 5.91 Å². The van der Waals surface area contributed by atoms with E-state index in [1.54, 1.807) is 0 Å². The molecule has 1 aliphatic heterocycles. The lowest BCUT2D eigenvalue weighted by Crippen LogP contribution is -2.32. The molecule has 7 heteroatoms. The standard InChI is InChI=1S/C6H10N2O3S2/c1-13(10,11)4-5(9)8-6-7-2-3-12-6/h2-4H2,1H3,(H,7,8,9). The molecule has 74 valence electrons. The van der Waals surface area contributed by atoms with E-state index in [1.807, 2.05) is 0 Å². The lowest BCUT2D eigenvalue weighted by atomic mass is 10.7. The van der Waals surface area contributed by atoms with E-state index in [2.05, 4.69) is 10.3 Å². The molecule has 0 atom stereocenters. The molecule has 13 heavy (non-hydrogen) atoms. The zero-order valence-electron chi connectivity index (χ0n) is 7.11. The van der Waals surface area contributed by atoms with Crippen molar-refractivity contribution in [2.75, 3.05) is 24.3 Å². The van der Waals surface area contributed by atoms with Gasteiger partial charge in [-0.15, -0.1) is 0 Å². The van der Waals surface area contributed by atoms with E-state index in [9.17, 15) is 13.2 Å². The van der Waals surface area contributed by atoms with Crippen molar-refractivity contribution in [2.45, 2.75) is 0 Å². The molecular weight excluding hydrogens is 212 g/mol. The second-order valence-corrected chi connectivity index (χ2v) is 5.88. The summed E-state index contributed by atoms with van der Waals surface area (Å²) in [4.78, 5) is 15.0. The van der Waals surface area contributed by atoms with Crippen LogP contribution in [0, 0.1) is 0 Å². The molecule has 0 aromatic carbocycles. The molecule has 1 heterocycles. The van der Waals surface area contributed by atoms with Crippen molar-refractivity contribution in [1.29, 1.82) is 0 Å². The quantitative estimate of drug-likeness (QED) is 0.667. The van der Waals surface area contributed by atoms with Crippen molar-refractivity contribution < 1.29 is 13.2 Å². The van der Waals surface area contributed by atoms with E-state index in [1.165, 1.54) is 11.8 Å². The van der Waals surface area contributed by atoms with Gasteiger partial charge in [-0.25, -0.2) is 8.42 Å². The van der Waals surface area contributed by atoms with Gasteiger partial charge in [-0.1, -0.05) is 11.8 Å². The summed E-state index contributed by atoms with van der Waals surface area (Å²) >= 11 is 1.42. The van der Waals surface area contributed by atoms with Gasteiger partial charge in [-0.3, -0.25) is 9.79 Å². The maximum Gasteiger partial charge on any atom is 0.241 e. The number of carbonyl (C=O) groups excluding carboxylic acids is 1. The maximum atomic E-state index is 11.0. The van der Waals surface area contributed by atoms with Gasteiger partial charge in [0.1, 0.15) is 5.75 Å². The minimum absolute atomic E-state index is 0.480. The third kappa shape index (κ3) is 4.28. The molecule has 0 aliphatic carbocycles. The molecule has 0 saturated heterocycles. The minimum atomic E-state index is -3.24. The van der Waals surface area contributed by atoms with Gasteiger partial charge in [-0.2, -0.15) is 0 Å². The maximum absolute atomic E-state index is 11.0. The lowest BCUT2D eigenvalue weighted by Gasteiger charge is -2.01. The third-order valence-corrected chi connectivity index (χ3v) is 2.90. The van der Waals surface area contributed by atoms with Crippen molar-refractivity contribution in [3.63, 3.8) is 0 Å². The number of hydrogen-bond acceptors (Lipinski definition) is 5. The molecule has 0 aromatic rings. The fourth-order valence-corrected chi connectivity index (χ4v) is 2.10. The fourth-order valence-electron chi connectivity index (χ4n) is 0.804. The van der Waals surface area contributed by atoms with Crippen molar-refractivity contribution in [3.8, 4) is 0 Å². The summed E-state index contributed by atoms with van der Waals surface area (Å²) in [5.74, 6) is -0.156. The van der Waals surface area contributed by atoms with Crippen LogP contribution in [0.1, 0.15) is 0 Å². The molecule has 0 fully saturated rings. The van der Waals surface area contributed by atoms with Gasteiger partial charge in [0, 0.05) is 12.0 Å². The average Bonchev–Trinajstić information content (AvgIpc) is 2.34. The van der Waals surface area contributed by atoms with Crippen molar-refractivity contribution in [3.05, 3.63) is 0 Å². The molecule has 0 unspecified atom stereocenters. The first-order valence-electron chi connectivity index (χ1n) is 3.62. The van der Waals surface area contributed by atoms with Crippen LogP contribution in [0.15, 0.2) is 4.99 Å². The summed E-state index contributed by atoms with van der Waals surface area (Å²) in [7, 11) is -3.24. The molecule has 1 amide bonds. The van der Waals surface area contributed by atoms with E-state index >= 15 is 0 Å². The highest BCUT2D eigenvalue weighted by Crippen LogP contribution is 2.08. The van der Waals surface area contributed by atoms with Gasteiger partial charge < -0.3 is 5.32 Å². The lowest BCUT2D eigenvalue weighted by molar-refractivity contribution is -0.117. The number of thioether (sulfide) groups is 1. The Balaban J connectivity index is 2.42. The highest BCUT2D eigenvalue weighted by molar-refractivity contribution is 8.14. The topological polar surface area (TPSA) is 75.6 Å². The largest absolute Gasteiger partial charge is 0.305 e. The molecule has 5 nitrogen and oxygen atoms in total. The molecule has 0 aromatic heterocycles. The third-order valence-electron chi connectivity index (χ3n) is 1.23. The van der Waals surface area contributed by atoms with Crippen LogP contribution >= 0.6 is 11.8 Å². The Morgan fingerprint density at radius 3 is 2.85 bits per heavy atom. The summed E-state index contributed by atoms with van der Waals surface area (Å²) in [5.41, 5.74) is 0. The number of nitrogens with one attached hydrogen (secondary N) is 1. The van der Waals surface area contributed by atoms with Crippen LogP contribution in [0.25, 0.3) is 0 Å². The first-order chi connectivity index (χ1) is 5.97. The number of rotatable bonds is 2. The molecular formula is C6H10N2O3S2. The minimum Gasteiger partial charge on any atom is -0.305 e. The van der Waals surface area contributed by atoms with Crippen LogP contribution in [0.2, 0.25) is 0 Å². The summed E-state index contributed by atoms with van der Waals surface area (Å²) in [6.45, 7) is 0.680. The van der Waals surface area contributed by atoms with Crippen LogP contribution in [0.5, 0.6) is 0 Å². The van der Waals surface area contributed by atoms with Crippen LogP contribution in [-0.4, -0.2) is 43.8 Å². The number of amidine groups is 1. The number of aliphatic imine (C=N–C) groups is 1. The zero-order chi connectivity index (χ0) is 9.90. The van der Waals surface area contributed by atoms with Crippen LogP contribution in [0.3, 0.4) is 0 Å². The van der Waals surface area contributed by atoms with E-state index in [4.69, 9.17) is 0 Å². The second-order valence-electron chi connectivity index (χ2n) is 2.65. The Hall–Kier alpha value is -0.560. The number of sulfone groups is 1. The molecule has 1 rings (SSSR count). The van der Waals surface area contributed by atoms with Crippen molar-refractivity contribution >= 4 is 32.7 Å². The van der Waals surface area contributed by atoms with Crippen LogP contribution in [-0.2, 0) is 14.6 Å². The number of hydrogen-bond donors (Lipinski definition) is 1. The first kappa shape index (κ1) is 10.5. The van der Waals surface area contributed by atoms with E-state index in [0.717, 1.165) is 12.0 Å². The van der Waals surface area contributed by atoms with Gasteiger partial charge in [0.05, 0.1) is 6.54 Å². The van der Waals surface area contributed by atoms with Crippen LogP contribution < -0.4 is 5.32 Å². The fraction of sp³-hybridized carbons (Fsp3) is 0.667. The average molecular weight is 222 g/mol. The molecule has 0 spiro atoms. The Kier molecular flexibility index (Phi) is 3.32. The van der Waals surface area contributed by atoms with Gasteiger partial charge in [-0.05, 0) is 0 Å². The van der Waals surface area contributed by atoms with Gasteiger partial charge in [0.25, 0.3) is 0 Å². The smallest absolute Gasteiger partial charge is 0.241 e. The summed E-state index contributed by atoms with van der Waals surface area (Å²) in [5, 5.41) is 2.95. The first-order valence-corrected chi connectivity index (χ1v) is 6.67. The Bertz CT molecular complexity index is 334. The number of amides is 1. The zero-order valence-corrected chi connectivity index (χ0v) is 8.74. The Morgan fingerprint density at radius 2 is 2.38 bits per heavy atom. The molecule has 0 saturated carbocycles. The Morgan fingerprint density at radius 1 is 1.69 bits per heavy atom. The molecule has 1 aliphatic rings. The van der Waals surface area contributed by atoms with E-state index in [-0.39, 0.29) is 0 Å². The van der Waals surface area contributed by atoms with E-state index < -0.39 is 21.5 Å². The highest BCUT2D eigenvalue weighted by Gasteiger charge is 2.14. The normalized spacial score (nSPS) is 16.8. The second kappa shape index (κ2) is 4.10. The van der Waals surface area contributed by atoms with Gasteiger partial charge in [0.15, 0.2) is 15.0 Å². The molecule has 0 radical (unpaired) electrons. The number of carbonyl (C=O) groups is 1. The Labute approximate surface area is 80.9 Å². The summed E-state index contributed by atoms with van der Waals surface area (Å²) < 4.78 is 21.4. The van der Waals surface area contributed by atoms with Crippen molar-refractivity contribution in [2.24, 2.45) is 4.99 Å². The molecule has 1 N–H and O–H groups in total. The summed E-state index contributed by atoms with van der Waals surface area (Å²) in [6, 6.07) is 0. The van der Waals surface area contributed by atoms with Gasteiger partial charge >= 0.3 is 0 Å². The number of nitrogens with zero attached hydrogens (tertiary/aromatic N) is 1. The monoisotopic (exact) mass is 222 g/mol. The van der Waals surface area contributed by atoms with E-state index in [0.29, 0.717) is 11.7 Å². The summed E-state index contributed by atoms with van der Waals surface area (Å²) in [6.07, 6.45) is 1.02. The predicted octanol–water partition coefficient (Wildman–Crippen LogP) is -0.750. The molecule has 0 bridgehead atoms. The van der Waals surface area contributed by atoms with Crippen molar-refractivity contribution in [1.82, 2.24) is 5.32 Å².